The molecule has 2 N–H and O–H groups in total. The van der Waals surface area contributed by atoms with Gasteiger partial charge in [-0.3, -0.25) is 10.1 Å². The van der Waals surface area contributed by atoms with Crippen molar-refractivity contribution in [3.63, 3.8) is 0 Å². The van der Waals surface area contributed by atoms with Gasteiger partial charge < -0.3 is 19.9 Å². The molecule has 0 unspecified atom stereocenters. The van der Waals surface area contributed by atoms with E-state index in [1.807, 2.05) is 0 Å². The summed E-state index contributed by atoms with van der Waals surface area (Å²) in [5.41, 5.74) is 5.32. The number of ether oxygens (including phenoxy) is 3. The Morgan fingerprint density at radius 1 is 1.05 bits per heavy atom. The van der Waals surface area contributed by atoms with Gasteiger partial charge in [0.25, 0.3) is 5.69 Å². The van der Waals surface area contributed by atoms with E-state index in [2.05, 4.69) is 4.98 Å². The van der Waals surface area contributed by atoms with Crippen LogP contribution in [0.15, 0.2) is 30.3 Å². The molecule has 1 aromatic carbocycles. The van der Waals surface area contributed by atoms with Gasteiger partial charge in [-0.15, -0.1) is 0 Å². The van der Waals surface area contributed by atoms with Crippen LogP contribution in [0, 0.1) is 10.1 Å². The summed E-state index contributed by atoms with van der Waals surface area (Å²) < 4.78 is 15.7. The number of nitro groups is 1. The SMILES string of the molecule is COc1cc(OC)cc(Oc2cc([N+](=O)[O-])cc(N)n2)c1. The van der Waals surface area contributed by atoms with E-state index in [4.69, 9.17) is 19.9 Å². The molecule has 110 valence electrons. The Bertz CT molecular complexity index is 653. The predicted molar refractivity (Wildman–Crippen MR) is 74.9 cm³/mol. The van der Waals surface area contributed by atoms with E-state index in [0.29, 0.717) is 17.2 Å². The molecular formula is C13H13N3O5. The van der Waals surface area contributed by atoms with Crippen molar-refractivity contribution in [2.75, 3.05) is 20.0 Å². The molecule has 0 saturated carbocycles. The molecule has 0 fully saturated rings. The van der Waals surface area contributed by atoms with Crippen LogP contribution in [0.4, 0.5) is 11.5 Å². The van der Waals surface area contributed by atoms with E-state index < -0.39 is 4.92 Å². The van der Waals surface area contributed by atoms with Gasteiger partial charge in [0, 0.05) is 18.2 Å². The van der Waals surface area contributed by atoms with Crippen molar-refractivity contribution in [1.82, 2.24) is 4.98 Å². The fraction of sp³-hybridized carbons (Fsp3) is 0.154. The molecule has 0 radical (unpaired) electrons. The number of pyridine rings is 1. The van der Waals surface area contributed by atoms with Crippen molar-refractivity contribution in [3.05, 3.63) is 40.4 Å². The lowest BCUT2D eigenvalue weighted by atomic mass is 10.3. The minimum atomic E-state index is -0.572. The number of methoxy groups -OCH3 is 2. The van der Waals surface area contributed by atoms with Crippen LogP contribution in [0.1, 0.15) is 0 Å². The first-order valence-electron chi connectivity index (χ1n) is 5.84. The van der Waals surface area contributed by atoms with Crippen LogP contribution in [0.5, 0.6) is 23.1 Å². The second-order valence-corrected chi connectivity index (χ2v) is 4.00. The van der Waals surface area contributed by atoms with Crippen LogP contribution in [0.25, 0.3) is 0 Å². The molecule has 0 atom stereocenters. The Labute approximate surface area is 120 Å². The summed E-state index contributed by atoms with van der Waals surface area (Å²) in [7, 11) is 3.00. The molecule has 2 aromatic rings. The lowest BCUT2D eigenvalue weighted by molar-refractivity contribution is -0.384. The zero-order valence-electron chi connectivity index (χ0n) is 11.4. The van der Waals surface area contributed by atoms with Crippen molar-refractivity contribution in [1.29, 1.82) is 0 Å². The van der Waals surface area contributed by atoms with E-state index in [1.165, 1.54) is 20.3 Å². The first-order chi connectivity index (χ1) is 10.0. The summed E-state index contributed by atoms with van der Waals surface area (Å²) in [5, 5.41) is 10.8. The molecule has 2 rings (SSSR count). The fourth-order valence-corrected chi connectivity index (χ4v) is 1.63. The van der Waals surface area contributed by atoms with Crippen molar-refractivity contribution in [3.8, 4) is 23.1 Å². The van der Waals surface area contributed by atoms with E-state index in [1.54, 1.807) is 18.2 Å². The second-order valence-electron chi connectivity index (χ2n) is 4.00. The molecular weight excluding hydrogens is 278 g/mol. The highest BCUT2D eigenvalue weighted by atomic mass is 16.6. The number of nitrogens with zero attached hydrogens (tertiary/aromatic N) is 2. The smallest absolute Gasteiger partial charge is 0.278 e. The zero-order chi connectivity index (χ0) is 15.4. The van der Waals surface area contributed by atoms with Crippen LogP contribution in [0.2, 0.25) is 0 Å². The van der Waals surface area contributed by atoms with Crippen molar-refractivity contribution >= 4 is 11.5 Å². The average molecular weight is 291 g/mol. The molecule has 0 aliphatic heterocycles. The van der Waals surface area contributed by atoms with Gasteiger partial charge in [0.1, 0.15) is 23.1 Å². The largest absolute Gasteiger partial charge is 0.496 e. The Kier molecular flexibility index (Phi) is 4.07. The van der Waals surface area contributed by atoms with Crippen molar-refractivity contribution in [2.45, 2.75) is 0 Å². The minimum absolute atomic E-state index is 0.00550. The van der Waals surface area contributed by atoms with E-state index in [-0.39, 0.29) is 17.4 Å². The van der Waals surface area contributed by atoms with Gasteiger partial charge >= 0.3 is 0 Å². The van der Waals surface area contributed by atoms with Crippen molar-refractivity contribution in [2.24, 2.45) is 0 Å². The summed E-state index contributed by atoms with van der Waals surface area (Å²) in [6.07, 6.45) is 0. The number of benzene rings is 1. The maximum Gasteiger partial charge on any atom is 0.278 e. The van der Waals surface area contributed by atoms with E-state index in [9.17, 15) is 10.1 Å². The second kappa shape index (κ2) is 5.95. The molecule has 21 heavy (non-hydrogen) atoms. The lowest BCUT2D eigenvalue weighted by Gasteiger charge is -2.09. The van der Waals surface area contributed by atoms with Crippen LogP contribution < -0.4 is 19.9 Å². The Hall–Kier alpha value is -3.03. The number of hydrogen-bond acceptors (Lipinski definition) is 7. The van der Waals surface area contributed by atoms with Crippen LogP contribution in [0.3, 0.4) is 0 Å². The van der Waals surface area contributed by atoms with Crippen LogP contribution in [-0.4, -0.2) is 24.1 Å². The summed E-state index contributed by atoms with van der Waals surface area (Å²) in [5.74, 6) is 1.40. The van der Waals surface area contributed by atoms with Gasteiger partial charge in [-0.1, -0.05) is 0 Å². The highest BCUT2D eigenvalue weighted by molar-refractivity contribution is 5.48. The summed E-state index contributed by atoms with van der Waals surface area (Å²) in [4.78, 5) is 14.1. The van der Waals surface area contributed by atoms with Gasteiger partial charge in [-0.05, 0) is 0 Å². The number of anilines is 1. The quantitative estimate of drug-likeness (QED) is 0.665. The van der Waals surface area contributed by atoms with Gasteiger partial charge in [0.2, 0.25) is 5.88 Å². The van der Waals surface area contributed by atoms with Gasteiger partial charge in [0.15, 0.2) is 0 Å². The molecule has 0 spiro atoms. The van der Waals surface area contributed by atoms with E-state index >= 15 is 0 Å². The topological polar surface area (TPSA) is 110 Å². The predicted octanol–water partition coefficient (Wildman–Crippen LogP) is 2.38. The third-order valence-corrected chi connectivity index (χ3v) is 2.56. The highest BCUT2D eigenvalue weighted by Gasteiger charge is 2.12. The monoisotopic (exact) mass is 291 g/mol. The number of nitrogen functional groups attached to an aromatic ring is 1. The number of aromatic nitrogens is 1. The normalized spacial score (nSPS) is 10.0. The summed E-state index contributed by atoms with van der Waals surface area (Å²) in [6.45, 7) is 0. The third-order valence-electron chi connectivity index (χ3n) is 2.56. The third kappa shape index (κ3) is 3.50. The Balaban J connectivity index is 2.35. The Morgan fingerprint density at radius 2 is 1.62 bits per heavy atom. The Morgan fingerprint density at radius 3 is 2.14 bits per heavy atom. The first kappa shape index (κ1) is 14.4. The molecule has 0 bridgehead atoms. The molecule has 1 heterocycles. The number of hydrogen-bond donors (Lipinski definition) is 1. The molecule has 0 aliphatic carbocycles. The fourth-order valence-electron chi connectivity index (χ4n) is 1.63. The summed E-state index contributed by atoms with van der Waals surface area (Å²) >= 11 is 0. The summed E-state index contributed by atoms with van der Waals surface area (Å²) in [6, 6.07) is 7.20. The van der Waals surface area contributed by atoms with Gasteiger partial charge in [0.05, 0.1) is 31.3 Å². The molecule has 1 aromatic heterocycles. The first-order valence-corrected chi connectivity index (χ1v) is 5.84. The van der Waals surface area contributed by atoms with Crippen LogP contribution >= 0.6 is 0 Å². The maximum absolute atomic E-state index is 10.8. The standard InChI is InChI=1S/C13H13N3O5/c1-19-9-5-10(20-2)7-11(6-9)21-13-4-8(16(17)18)3-12(14)15-13/h3-7H,1-2H3,(H2,14,15). The maximum atomic E-state index is 10.8. The lowest BCUT2D eigenvalue weighted by Crippen LogP contribution is -1.97. The minimum Gasteiger partial charge on any atom is -0.496 e. The molecule has 0 aliphatic rings. The molecule has 8 heteroatoms. The average Bonchev–Trinajstić information content (AvgIpc) is 2.46. The molecule has 0 saturated heterocycles. The van der Waals surface area contributed by atoms with Gasteiger partial charge in [-0.2, -0.15) is 4.98 Å². The van der Waals surface area contributed by atoms with Crippen LogP contribution in [-0.2, 0) is 0 Å². The zero-order valence-corrected chi connectivity index (χ0v) is 11.4. The number of rotatable bonds is 5. The highest BCUT2D eigenvalue weighted by Crippen LogP contribution is 2.31. The van der Waals surface area contributed by atoms with Gasteiger partial charge in [-0.25, -0.2) is 0 Å². The molecule has 8 nitrogen and oxygen atoms in total. The number of nitrogens with two attached hydrogens (primary N) is 1. The molecule has 0 amide bonds. The van der Waals surface area contributed by atoms with E-state index in [0.717, 1.165) is 6.07 Å². The van der Waals surface area contributed by atoms with Crippen molar-refractivity contribution < 1.29 is 19.1 Å².